The van der Waals surface area contributed by atoms with Crippen molar-refractivity contribution in [3.8, 4) is 0 Å². The largest absolute Gasteiger partial charge is 0.351 e. The summed E-state index contributed by atoms with van der Waals surface area (Å²) in [4.78, 5) is 13.0. The molecule has 1 fully saturated rings. The van der Waals surface area contributed by atoms with E-state index in [-0.39, 0.29) is 5.91 Å². The monoisotopic (exact) mass is 315 g/mol. The first-order chi connectivity index (χ1) is 9.25. The van der Waals surface area contributed by atoms with Crippen molar-refractivity contribution in [3.63, 3.8) is 0 Å². The van der Waals surface area contributed by atoms with E-state index in [0.717, 1.165) is 11.7 Å². The molecule has 1 saturated heterocycles. The predicted molar refractivity (Wildman–Crippen MR) is 87.8 cm³/mol. The minimum atomic E-state index is 0.196. The molecular formula is C14H21NOS3. The van der Waals surface area contributed by atoms with Crippen LogP contribution in [0.15, 0.2) is 11.4 Å². The molecule has 2 nitrogen and oxygen atoms in total. The molecule has 1 aliphatic heterocycles. The summed E-state index contributed by atoms with van der Waals surface area (Å²) in [6, 6.07) is 2.10. The van der Waals surface area contributed by atoms with Crippen LogP contribution in [0.5, 0.6) is 0 Å². The Morgan fingerprint density at radius 1 is 1.47 bits per heavy atom. The second-order valence-corrected chi connectivity index (χ2v) is 8.67. The highest BCUT2D eigenvalue weighted by Crippen LogP contribution is 2.39. The van der Waals surface area contributed by atoms with Gasteiger partial charge in [-0.1, -0.05) is 28.0 Å². The van der Waals surface area contributed by atoms with Gasteiger partial charge in [-0.2, -0.15) is 0 Å². The molecule has 1 aromatic heterocycles. The second-order valence-electron chi connectivity index (χ2n) is 4.88. The van der Waals surface area contributed by atoms with E-state index in [1.54, 1.807) is 11.3 Å². The van der Waals surface area contributed by atoms with Crippen molar-refractivity contribution in [2.24, 2.45) is 0 Å². The van der Waals surface area contributed by atoms with Gasteiger partial charge in [0.05, 0.1) is 6.54 Å². The molecule has 0 spiro atoms. The molecule has 0 aromatic carbocycles. The Labute approximate surface area is 127 Å². The highest BCUT2D eigenvalue weighted by Gasteiger charge is 2.15. The number of thiophene rings is 1. The van der Waals surface area contributed by atoms with E-state index in [1.165, 1.54) is 35.5 Å². The van der Waals surface area contributed by atoms with Crippen molar-refractivity contribution < 1.29 is 4.79 Å². The number of hydrogen-bond acceptors (Lipinski definition) is 4. The number of rotatable bonds is 7. The van der Waals surface area contributed by atoms with Crippen LogP contribution in [0.25, 0.3) is 0 Å². The van der Waals surface area contributed by atoms with E-state index in [2.05, 4.69) is 23.7 Å². The Morgan fingerprint density at radius 3 is 3.05 bits per heavy atom. The molecule has 2 rings (SSSR count). The summed E-state index contributed by atoms with van der Waals surface area (Å²) >= 11 is 1.72. The molecule has 19 heavy (non-hydrogen) atoms. The first-order valence-corrected chi connectivity index (χ1v) is 10.1. The van der Waals surface area contributed by atoms with Crippen LogP contribution in [-0.4, -0.2) is 16.9 Å². The fourth-order valence-electron chi connectivity index (χ4n) is 2.07. The van der Waals surface area contributed by atoms with Crippen molar-refractivity contribution in [2.45, 2.75) is 50.8 Å². The molecule has 1 unspecified atom stereocenters. The Bertz CT molecular complexity index is 399. The summed E-state index contributed by atoms with van der Waals surface area (Å²) in [6.07, 6.45) is 5.50. The highest BCUT2D eigenvalue weighted by atomic mass is 33.1. The van der Waals surface area contributed by atoms with Crippen LogP contribution in [0.4, 0.5) is 0 Å². The van der Waals surface area contributed by atoms with Crippen molar-refractivity contribution in [2.75, 3.05) is 5.75 Å². The van der Waals surface area contributed by atoms with Crippen LogP contribution in [0, 0.1) is 6.92 Å². The Hall–Kier alpha value is -0.130. The molecule has 1 N–H and O–H groups in total. The van der Waals surface area contributed by atoms with Crippen molar-refractivity contribution in [3.05, 3.63) is 21.9 Å². The van der Waals surface area contributed by atoms with E-state index in [4.69, 9.17) is 0 Å². The Kier molecular flexibility index (Phi) is 6.61. The number of amides is 1. The molecule has 0 radical (unpaired) electrons. The molecule has 2 heterocycles. The Balaban J connectivity index is 1.53. The summed E-state index contributed by atoms with van der Waals surface area (Å²) in [5, 5.41) is 5.93. The molecule has 1 atom stereocenters. The number of nitrogens with one attached hydrogen (secondary N) is 1. The third-order valence-corrected chi connectivity index (χ3v) is 7.35. The van der Waals surface area contributed by atoms with Gasteiger partial charge in [0.25, 0.3) is 0 Å². The van der Waals surface area contributed by atoms with Gasteiger partial charge in [0.1, 0.15) is 0 Å². The fraction of sp³-hybridized carbons (Fsp3) is 0.643. The predicted octanol–water partition coefficient (Wildman–Crippen LogP) is 4.39. The standard InChI is InChI=1S/C14H21NOS3/c1-11-6-8-17-13(11)10-15-14(16)5-3-2-4-12-7-9-18-19-12/h6,8,12H,2-5,7,9-10H2,1H3,(H,15,16). The van der Waals surface area contributed by atoms with Crippen LogP contribution in [0.1, 0.15) is 42.5 Å². The fourth-order valence-corrected chi connectivity index (χ4v) is 5.95. The smallest absolute Gasteiger partial charge is 0.220 e. The van der Waals surface area contributed by atoms with Crippen LogP contribution < -0.4 is 5.32 Å². The number of carbonyl (C=O) groups excluding carboxylic acids is 1. The topological polar surface area (TPSA) is 29.1 Å². The van der Waals surface area contributed by atoms with Crippen molar-refractivity contribution in [1.82, 2.24) is 5.32 Å². The lowest BCUT2D eigenvalue weighted by Crippen LogP contribution is -2.22. The highest BCUT2D eigenvalue weighted by molar-refractivity contribution is 8.77. The van der Waals surface area contributed by atoms with E-state index in [9.17, 15) is 4.79 Å². The first-order valence-electron chi connectivity index (χ1n) is 6.83. The molecule has 0 saturated carbocycles. The SMILES string of the molecule is Cc1ccsc1CNC(=O)CCCCC1CCSS1. The van der Waals surface area contributed by atoms with Crippen LogP contribution >= 0.6 is 32.9 Å². The van der Waals surface area contributed by atoms with Gasteiger partial charge >= 0.3 is 0 Å². The van der Waals surface area contributed by atoms with E-state index in [0.29, 0.717) is 13.0 Å². The lowest BCUT2D eigenvalue weighted by molar-refractivity contribution is -0.121. The lowest BCUT2D eigenvalue weighted by Gasteiger charge is -2.07. The van der Waals surface area contributed by atoms with Gasteiger partial charge in [-0.15, -0.1) is 11.3 Å². The molecule has 5 heteroatoms. The zero-order chi connectivity index (χ0) is 13.5. The van der Waals surface area contributed by atoms with Gasteiger partial charge in [-0.05, 0) is 43.2 Å². The van der Waals surface area contributed by atoms with Gasteiger partial charge in [0, 0.05) is 22.3 Å². The van der Waals surface area contributed by atoms with Gasteiger partial charge < -0.3 is 5.32 Å². The minimum Gasteiger partial charge on any atom is -0.351 e. The van der Waals surface area contributed by atoms with Gasteiger partial charge in [0.15, 0.2) is 0 Å². The van der Waals surface area contributed by atoms with E-state index in [1.807, 2.05) is 21.6 Å². The van der Waals surface area contributed by atoms with E-state index < -0.39 is 0 Å². The summed E-state index contributed by atoms with van der Waals surface area (Å²) in [7, 11) is 4.02. The van der Waals surface area contributed by atoms with E-state index >= 15 is 0 Å². The summed E-state index contributed by atoms with van der Waals surface area (Å²) in [6.45, 7) is 2.78. The zero-order valence-corrected chi connectivity index (χ0v) is 13.8. The summed E-state index contributed by atoms with van der Waals surface area (Å²) < 4.78 is 0. The molecule has 1 aromatic rings. The molecule has 1 aliphatic rings. The number of carbonyl (C=O) groups is 1. The van der Waals surface area contributed by atoms with Crippen molar-refractivity contribution in [1.29, 1.82) is 0 Å². The quantitative estimate of drug-likeness (QED) is 0.598. The normalized spacial score (nSPS) is 18.7. The maximum Gasteiger partial charge on any atom is 0.220 e. The summed E-state index contributed by atoms with van der Waals surface area (Å²) in [5.74, 6) is 1.50. The van der Waals surface area contributed by atoms with Crippen LogP contribution in [0.3, 0.4) is 0 Å². The van der Waals surface area contributed by atoms with Gasteiger partial charge in [-0.25, -0.2) is 0 Å². The van der Waals surface area contributed by atoms with Crippen LogP contribution in [-0.2, 0) is 11.3 Å². The molecule has 0 bridgehead atoms. The average Bonchev–Trinajstić information content (AvgIpc) is 3.04. The third kappa shape index (κ3) is 5.40. The summed E-state index contributed by atoms with van der Waals surface area (Å²) in [5.41, 5.74) is 1.28. The van der Waals surface area contributed by atoms with Crippen molar-refractivity contribution >= 4 is 38.8 Å². The maximum atomic E-state index is 11.7. The minimum absolute atomic E-state index is 0.196. The molecular weight excluding hydrogens is 294 g/mol. The average molecular weight is 316 g/mol. The van der Waals surface area contributed by atoms with Crippen LogP contribution in [0.2, 0.25) is 0 Å². The number of unbranched alkanes of at least 4 members (excludes halogenated alkanes) is 1. The first kappa shape index (κ1) is 15.3. The Morgan fingerprint density at radius 2 is 2.37 bits per heavy atom. The molecule has 0 aliphatic carbocycles. The van der Waals surface area contributed by atoms with Gasteiger partial charge in [-0.3, -0.25) is 4.79 Å². The molecule has 1 amide bonds. The van der Waals surface area contributed by atoms with Gasteiger partial charge in [0.2, 0.25) is 5.91 Å². The lowest BCUT2D eigenvalue weighted by atomic mass is 10.1. The maximum absolute atomic E-state index is 11.7. The molecule has 106 valence electrons. The number of aryl methyl sites for hydroxylation is 1. The zero-order valence-electron chi connectivity index (χ0n) is 11.3. The number of hydrogen-bond donors (Lipinski definition) is 1. The second kappa shape index (κ2) is 8.22. The third-order valence-electron chi connectivity index (χ3n) is 3.32.